The molecule has 0 fully saturated rings. The molecule has 3 heteroatoms. The van der Waals surface area contributed by atoms with Crippen LogP contribution in [0.15, 0.2) is 18.2 Å². The van der Waals surface area contributed by atoms with Crippen LogP contribution in [0.3, 0.4) is 0 Å². The molecule has 1 aromatic carbocycles. The van der Waals surface area contributed by atoms with Gasteiger partial charge in [0.05, 0.1) is 7.11 Å². The minimum absolute atomic E-state index is 0.0589. The number of hydrogen-bond donors (Lipinski definition) is 2. The van der Waals surface area contributed by atoms with Crippen molar-refractivity contribution in [3.63, 3.8) is 0 Å². The zero-order chi connectivity index (χ0) is 14.4. The molecule has 3 nitrogen and oxygen atoms in total. The van der Waals surface area contributed by atoms with Gasteiger partial charge in [0, 0.05) is 6.04 Å². The lowest BCUT2D eigenvalue weighted by Crippen LogP contribution is -2.33. The van der Waals surface area contributed by atoms with Crippen LogP contribution >= 0.6 is 0 Å². The van der Waals surface area contributed by atoms with Crippen molar-refractivity contribution in [1.29, 1.82) is 0 Å². The molecule has 0 aromatic heterocycles. The zero-order valence-corrected chi connectivity index (χ0v) is 12.9. The van der Waals surface area contributed by atoms with Gasteiger partial charge >= 0.3 is 0 Å². The second-order valence-corrected chi connectivity index (χ2v) is 5.42. The van der Waals surface area contributed by atoms with Crippen LogP contribution < -0.4 is 15.8 Å². The van der Waals surface area contributed by atoms with Crippen LogP contribution in [-0.2, 0) is 6.42 Å². The van der Waals surface area contributed by atoms with Crippen molar-refractivity contribution in [2.45, 2.75) is 33.2 Å². The highest BCUT2D eigenvalue weighted by molar-refractivity contribution is 5.38. The van der Waals surface area contributed by atoms with Gasteiger partial charge in [-0.15, -0.1) is 0 Å². The van der Waals surface area contributed by atoms with E-state index in [2.05, 4.69) is 38.2 Å². The van der Waals surface area contributed by atoms with Crippen LogP contribution in [0.25, 0.3) is 0 Å². The first-order chi connectivity index (χ1) is 9.04. The number of rotatable bonds is 7. The van der Waals surface area contributed by atoms with Crippen LogP contribution in [-0.4, -0.2) is 20.7 Å². The predicted molar refractivity (Wildman–Crippen MR) is 81.6 cm³/mol. The Bertz CT molecular complexity index is 390. The van der Waals surface area contributed by atoms with Gasteiger partial charge in [0.25, 0.3) is 0 Å². The Hall–Kier alpha value is -1.06. The van der Waals surface area contributed by atoms with E-state index in [1.165, 1.54) is 11.1 Å². The highest BCUT2D eigenvalue weighted by Crippen LogP contribution is 2.29. The molecule has 2 atom stereocenters. The molecule has 0 saturated heterocycles. The van der Waals surface area contributed by atoms with Crippen molar-refractivity contribution in [3.05, 3.63) is 29.3 Å². The number of nitrogens with two attached hydrogens (primary N) is 1. The highest BCUT2D eigenvalue weighted by Gasteiger charge is 2.22. The van der Waals surface area contributed by atoms with Crippen LogP contribution in [0.5, 0.6) is 5.75 Å². The molecule has 108 valence electrons. The smallest absolute Gasteiger partial charge is 0.122 e. The first kappa shape index (κ1) is 16.0. The molecule has 0 heterocycles. The van der Waals surface area contributed by atoms with E-state index in [4.69, 9.17) is 10.5 Å². The van der Waals surface area contributed by atoms with Gasteiger partial charge in [0.15, 0.2) is 0 Å². The monoisotopic (exact) mass is 264 g/mol. The molecule has 0 aliphatic heterocycles. The van der Waals surface area contributed by atoms with E-state index in [1.54, 1.807) is 7.11 Å². The third-order valence-electron chi connectivity index (χ3n) is 3.83. The third-order valence-corrected chi connectivity index (χ3v) is 3.83. The maximum Gasteiger partial charge on any atom is 0.122 e. The van der Waals surface area contributed by atoms with Gasteiger partial charge < -0.3 is 15.8 Å². The van der Waals surface area contributed by atoms with Crippen LogP contribution in [0, 0.1) is 11.8 Å². The van der Waals surface area contributed by atoms with Crippen molar-refractivity contribution < 1.29 is 4.74 Å². The summed E-state index contributed by atoms with van der Waals surface area (Å²) >= 11 is 0. The summed E-state index contributed by atoms with van der Waals surface area (Å²) < 4.78 is 5.37. The molecule has 19 heavy (non-hydrogen) atoms. The number of benzene rings is 1. The molecule has 0 radical (unpaired) electrons. The van der Waals surface area contributed by atoms with Crippen LogP contribution in [0.1, 0.15) is 37.9 Å². The Morgan fingerprint density at radius 3 is 2.47 bits per heavy atom. The average molecular weight is 264 g/mol. The highest BCUT2D eigenvalue weighted by atomic mass is 16.5. The van der Waals surface area contributed by atoms with Crippen molar-refractivity contribution in [1.82, 2.24) is 5.32 Å². The Morgan fingerprint density at radius 1 is 1.32 bits per heavy atom. The van der Waals surface area contributed by atoms with Gasteiger partial charge in [-0.1, -0.05) is 32.9 Å². The standard InChI is InChI=1S/C16H28N2O/c1-6-12-9-13(7-8-15(12)19-5)16(17)14(10-18-4)11(2)3/h7-9,11,14,16,18H,6,10,17H2,1-5H3. The lowest BCUT2D eigenvalue weighted by Gasteiger charge is -2.28. The first-order valence-corrected chi connectivity index (χ1v) is 7.12. The molecule has 0 amide bonds. The second kappa shape index (κ2) is 7.51. The van der Waals surface area contributed by atoms with Crippen LogP contribution in [0.2, 0.25) is 0 Å². The summed E-state index contributed by atoms with van der Waals surface area (Å²) in [5.74, 6) is 1.94. The number of hydrogen-bond acceptors (Lipinski definition) is 3. The predicted octanol–water partition coefficient (Wildman–Crippen LogP) is 2.75. The molecular weight excluding hydrogens is 236 g/mol. The summed E-state index contributed by atoms with van der Waals surface area (Å²) in [5.41, 5.74) is 8.89. The first-order valence-electron chi connectivity index (χ1n) is 7.12. The molecule has 0 aliphatic rings. The van der Waals surface area contributed by atoms with E-state index in [1.807, 2.05) is 13.1 Å². The quantitative estimate of drug-likeness (QED) is 0.796. The minimum Gasteiger partial charge on any atom is -0.496 e. The van der Waals surface area contributed by atoms with Crippen molar-refractivity contribution in [3.8, 4) is 5.75 Å². The largest absolute Gasteiger partial charge is 0.496 e. The summed E-state index contributed by atoms with van der Waals surface area (Å²) in [7, 11) is 3.69. The Morgan fingerprint density at radius 2 is 2.00 bits per heavy atom. The second-order valence-electron chi connectivity index (χ2n) is 5.42. The normalized spacial score (nSPS) is 14.5. The SMILES string of the molecule is CCc1cc(C(N)C(CNC)C(C)C)ccc1OC. The van der Waals surface area contributed by atoms with Gasteiger partial charge in [-0.05, 0) is 49.0 Å². The Labute approximate surface area is 117 Å². The molecule has 0 spiro atoms. The number of methoxy groups -OCH3 is 1. The van der Waals surface area contributed by atoms with Gasteiger partial charge in [0.1, 0.15) is 5.75 Å². The zero-order valence-electron chi connectivity index (χ0n) is 12.9. The van der Waals surface area contributed by atoms with E-state index in [0.717, 1.165) is 18.7 Å². The molecule has 0 saturated carbocycles. The van der Waals surface area contributed by atoms with Crippen molar-refractivity contribution in [2.24, 2.45) is 17.6 Å². The molecule has 0 bridgehead atoms. The number of nitrogens with one attached hydrogen (secondary N) is 1. The van der Waals surface area contributed by atoms with Crippen molar-refractivity contribution >= 4 is 0 Å². The molecule has 3 N–H and O–H groups in total. The van der Waals surface area contributed by atoms with Crippen molar-refractivity contribution in [2.75, 3.05) is 20.7 Å². The van der Waals surface area contributed by atoms with E-state index >= 15 is 0 Å². The van der Waals surface area contributed by atoms with E-state index < -0.39 is 0 Å². The van der Waals surface area contributed by atoms with Gasteiger partial charge in [-0.3, -0.25) is 0 Å². The van der Waals surface area contributed by atoms with Crippen LogP contribution in [0.4, 0.5) is 0 Å². The minimum atomic E-state index is 0.0589. The fraction of sp³-hybridized carbons (Fsp3) is 0.625. The topological polar surface area (TPSA) is 47.3 Å². The number of aryl methyl sites for hydroxylation is 1. The molecule has 0 aliphatic carbocycles. The summed E-state index contributed by atoms with van der Waals surface area (Å²) in [4.78, 5) is 0. The van der Waals surface area contributed by atoms with E-state index in [9.17, 15) is 0 Å². The Balaban J connectivity index is 3.00. The lowest BCUT2D eigenvalue weighted by atomic mass is 9.84. The molecule has 2 unspecified atom stereocenters. The van der Waals surface area contributed by atoms with E-state index in [-0.39, 0.29) is 6.04 Å². The lowest BCUT2D eigenvalue weighted by molar-refractivity contribution is 0.314. The summed E-state index contributed by atoms with van der Waals surface area (Å²) in [5, 5.41) is 3.25. The fourth-order valence-electron chi connectivity index (χ4n) is 2.54. The van der Waals surface area contributed by atoms with Gasteiger partial charge in [-0.2, -0.15) is 0 Å². The molecule has 1 rings (SSSR count). The maximum atomic E-state index is 6.46. The fourth-order valence-corrected chi connectivity index (χ4v) is 2.54. The number of ether oxygens (including phenoxy) is 1. The van der Waals surface area contributed by atoms with E-state index in [0.29, 0.717) is 11.8 Å². The third kappa shape index (κ3) is 3.95. The average Bonchev–Trinajstić information content (AvgIpc) is 2.42. The summed E-state index contributed by atoms with van der Waals surface area (Å²) in [6, 6.07) is 6.37. The molecule has 1 aromatic rings. The molecular formula is C16H28N2O. The Kier molecular flexibility index (Phi) is 6.32. The van der Waals surface area contributed by atoms with Gasteiger partial charge in [0.2, 0.25) is 0 Å². The summed E-state index contributed by atoms with van der Waals surface area (Å²) in [6.45, 7) is 7.53. The maximum absolute atomic E-state index is 6.46. The van der Waals surface area contributed by atoms with Gasteiger partial charge in [-0.25, -0.2) is 0 Å². The summed E-state index contributed by atoms with van der Waals surface area (Å²) in [6.07, 6.45) is 0.960.